The summed E-state index contributed by atoms with van der Waals surface area (Å²) < 4.78 is 38.4. The van der Waals surface area contributed by atoms with Crippen molar-refractivity contribution in [3.63, 3.8) is 0 Å². The first-order chi connectivity index (χ1) is 7.02. The van der Waals surface area contributed by atoms with E-state index in [-0.39, 0.29) is 11.1 Å². The summed E-state index contributed by atoms with van der Waals surface area (Å²) in [5.74, 6) is 0. The van der Waals surface area contributed by atoms with Gasteiger partial charge in [-0.15, -0.1) is 0 Å². The molecular weight excluding hydrogens is 205 g/mol. The largest absolute Gasteiger partial charge is 0.417 e. The molecule has 0 aliphatic carbocycles. The first kappa shape index (κ1) is 9.59. The van der Waals surface area contributed by atoms with Crippen LogP contribution in [0.5, 0.6) is 0 Å². The lowest BCUT2D eigenvalue weighted by Gasteiger charge is -2.00. The van der Waals surface area contributed by atoms with E-state index in [4.69, 9.17) is 5.26 Å². The first-order valence-corrected chi connectivity index (χ1v) is 4.10. The zero-order valence-corrected chi connectivity index (χ0v) is 7.42. The molecule has 5 heteroatoms. The highest BCUT2D eigenvalue weighted by Gasteiger charge is 2.32. The Morgan fingerprint density at radius 2 is 2.07 bits per heavy atom. The number of alkyl halides is 3. The Kier molecular flexibility index (Phi) is 1.93. The van der Waals surface area contributed by atoms with Crippen LogP contribution in [0.1, 0.15) is 11.1 Å². The maximum atomic E-state index is 12.4. The SMILES string of the molecule is N#Cc1cccn2cc(C(F)(F)F)cc12. The molecule has 0 bridgehead atoms. The molecule has 0 aromatic carbocycles. The van der Waals surface area contributed by atoms with Crippen molar-refractivity contribution in [2.45, 2.75) is 6.18 Å². The second kappa shape index (κ2) is 3.02. The molecule has 15 heavy (non-hydrogen) atoms. The summed E-state index contributed by atoms with van der Waals surface area (Å²) in [4.78, 5) is 0. The lowest BCUT2D eigenvalue weighted by Crippen LogP contribution is -2.02. The number of pyridine rings is 1. The normalized spacial score (nSPS) is 11.6. The lowest BCUT2D eigenvalue weighted by molar-refractivity contribution is -0.137. The molecule has 2 aromatic rings. The van der Waals surface area contributed by atoms with Gasteiger partial charge in [0.25, 0.3) is 0 Å². The number of fused-ring (bicyclic) bond motifs is 1. The third-order valence-corrected chi connectivity index (χ3v) is 2.08. The Morgan fingerprint density at radius 3 is 2.67 bits per heavy atom. The molecule has 0 aliphatic rings. The molecule has 2 aromatic heterocycles. The summed E-state index contributed by atoms with van der Waals surface area (Å²) in [5, 5.41) is 8.70. The van der Waals surface area contributed by atoms with Crippen molar-refractivity contribution in [1.29, 1.82) is 5.26 Å². The van der Waals surface area contributed by atoms with Crippen molar-refractivity contribution in [3.8, 4) is 6.07 Å². The predicted octanol–water partition coefficient (Wildman–Crippen LogP) is 2.83. The van der Waals surface area contributed by atoms with E-state index in [0.29, 0.717) is 0 Å². The topological polar surface area (TPSA) is 28.2 Å². The fraction of sp³-hybridized carbons (Fsp3) is 0.100. The van der Waals surface area contributed by atoms with E-state index in [1.165, 1.54) is 22.7 Å². The fourth-order valence-electron chi connectivity index (χ4n) is 1.39. The molecule has 2 heterocycles. The number of nitrogens with zero attached hydrogens (tertiary/aromatic N) is 2. The van der Waals surface area contributed by atoms with Gasteiger partial charge in [0.05, 0.1) is 16.6 Å². The molecule has 76 valence electrons. The van der Waals surface area contributed by atoms with Gasteiger partial charge in [0.1, 0.15) is 6.07 Å². The average Bonchev–Trinajstić information content (AvgIpc) is 2.59. The summed E-state index contributed by atoms with van der Waals surface area (Å²) in [6.07, 6.45) is -1.93. The Balaban J connectivity index is 2.72. The van der Waals surface area contributed by atoms with Crippen LogP contribution < -0.4 is 0 Å². The molecule has 2 nitrogen and oxygen atoms in total. The number of hydrogen-bond donors (Lipinski definition) is 0. The zero-order valence-electron chi connectivity index (χ0n) is 7.42. The van der Waals surface area contributed by atoms with Crippen molar-refractivity contribution in [1.82, 2.24) is 4.40 Å². The number of aromatic nitrogens is 1. The third-order valence-electron chi connectivity index (χ3n) is 2.08. The van der Waals surface area contributed by atoms with E-state index < -0.39 is 11.7 Å². The van der Waals surface area contributed by atoms with Crippen molar-refractivity contribution in [3.05, 3.63) is 41.7 Å². The summed E-state index contributed by atoms with van der Waals surface area (Å²) in [5.41, 5.74) is -0.245. The molecule has 0 amide bonds. The maximum Gasteiger partial charge on any atom is 0.417 e. The van der Waals surface area contributed by atoms with Gasteiger partial charge < -0.3 is 4.40 Å². The Morgan fingerprint density at radius 1 is 1.33 bits per heavy atom. The van der Waals surface area contributed by atoms with E-state index in [9.17, 15) is 13.2 Å². The maximum absolute atomic E-state index is 12.4. The van der Waals surface area contributed by atoms with Gasteiger partial charge in [-0.2, -0.15) is 18.4 Å². The van der Waals surface area contributed by atoms with E-state index in [2.05, 4.69) is 0 Å². The van der Waals surface area contributed by atoms with E-state index >= 15 is 0 Å². The molecular formula is C10H5F3N2. The van der Waals surface area contributed by atoms with Crippen LogP contribution in [0.25, 0.3) is 5.52 Å². The van der Waals surface area contributed by atoms with Crippen molar-refractivity contribution in [2.75, 3.05) is 0 Å². The Labute approximate surface area is 83.2 Å². The minimum Gasteiger partial charge on any atom is -0.322 e. The van der Waals surface area contributed by atoms with Crippen LogP contribution in [0.2, 0.25) is 0 Å². The molecule has 0 saturated carbocycles. The van der Waals surface area contributed by atoms with Crippen LogP contribution in [-0.2, 0) is 6.18 Å². The van der Waals surface area contributed by atoms with Crippen LogP contribution in [0.4, 0.5) is 13.2 Å². The van der Waals surface area contributed by atoms with Crippen LogP contribution in [0, 0.1) is 11.3 Å². The van der Waals surface area contributed by atoms with E-state index in [1.54, 1.807) is 0 Å². The Bertz CT molecular complexity index is 546. The summed E-state index contributed by atoms with van der Waals surface area (Å²) in [6.45, 7) is 0. The third kappa shape index (κ3) is 1.54. The fourth-order valence-corrected chi connectivity index (χ4v) is 1.39. The molecule has 0 aliphatic heterocycles. The minimum atomic E-state index is -4.38. The van der Waals surface area contributed by atoms with Gasteiger partial charge in [-0.25, -0.2) is 0 Å². The van der Waals surface area contributed by atoms with Gasteiger partial charge in [-0.05, 0) is 18.2 Å². The summed E-state index contributed by atoms with van der Waals surface area (Å²) in [7, 11) is 0. The highest BCUT2D eigenvalue weighted by molar-refractivity contribution is 5.62. The first-order valence-electron chi connectivity index (χ1n) is 4.10. The van der Waals surface area contributed by atoms with Gasteiger partial charge in [-0.3, -0.25) is 0 Å². The molecule has 0 saturated heterocycles. The van der Waals surface area contributed by atoms with Gasteiger partial charge in [0.15, 0.2) is 0 Å². The number of rotatable bonds is 0. The average molecular weight is 210 g/mol. The van der Waals surface area contributed by atoms with Gasteiger partial charge in [0, 0.05) is 12.4 Å². The zero-order chi connectivity index (χ0) is 11.1. The molecule has 0 spiro atoms. The van der Waals surface area contributed by atoms with Gasteiger partial charge in [-0.1, -0.05) is 0 Å². The van der Waals surface area contributed by atoms with Gasteiger partial charge >= 0.3 is 6.18 Å². The van der Waals surface area contributed by atoms with Crippen LogP contribution in [0.15, 0.2) is 30.6 Å². The molecule has 0 fully saturated rings. The van der Waals surface area contributed by atoms with E-state index in [1.807, 2.05) is 6.07 Å². The van der Waals surface area contributed by atoms with Crippen LogP contribution >= 0.6 is 0 Å². The number of hydrogen-bond acceptors (Lipinski definition) is 1. The van der Waals surface area contributed by atoms with Crippen molar-refractivity contribution < 1.29 is 13.2 Å². The molecule has 0 atom stereocenters. The highest BCUT2D eigenvalue weighted by Crippen LogP contribution is 2.31. The molecule has 2 rings (SSSR count). The molecule has 0 unspecified atom stereocenters. The van der Waals surface area contributed by atoms with Crippen molar-refractivity contribution in [2.24, 2.45) is 0 Å². The predicted molar refractivity (Wildman–Crippen MR) is 47.1 cm³/mol. The van der Waals surface area contributed by atoms with Crippen molar-refractivity contribution >= 4 is 5.52 Å². The second-order valence-corrected chi connectivity index (χ2v) is 3.05. The summed E-state index contributed by atoms with van der Waals surface area (Å²) in [6, 6.07) is 5.83. The minimum absolute atomic E-state index is 0.230. The summed E-state index contributed by atoms with van der Waals surface area (Å²) >= 11 is 0. The second-order valence-electron chi connectivity index (χ2n) is 3.05. The quantitative estimate of drug-likeness (QED) is 0.657. The number of nitriles is 1. The monoisotopic (exact) mass is 210 g/mol. The standard InChI is InChI=1S/C10H5F3N2/c11-10(12,13)8-4-9-7(5-14)2-1-3-15(9)6-8/h1-4,6H. The lowest BCUT2D eigenvalue weighted by atomic mass is 10.2. The molecule has 0 radical (unpaired) electrons. The van der Waals surface area contributed by atoms with E-state index in [0.717, 1.165) is 12.3 Å². The van der Waals surface area contributed by atoms with Crippen LogP contribution in [0.3, 0.4) is 0 Å². The Hall–Kier alpha value is -1.96. The number of halogens is 3. The molecule has 0 N–H and O–H groups in total. The van der Waals surface area contributed by atoms with Crippen LogP contribution in [-0.4, -0.2) is 4.40 Å². The highest BCUT2D eigenvalue weighted by atomic mass is 19.4. The van der Waals surface area contributed by atoms with Gasteiger partial charge in [0.2, 0.25) is 0 Å². The smallest absolute Gasteiger partial charge is 0.322 e.